The van der Waals surface area contributed by atoms with Gasteiger partial charge in [-0.05, 0) is 56.1 Å². The Balaban J connectivity index is 1.63. The minimum atomic E-state index is -0.510. The smallest absolute Gasteiger partial charge is 0.227 e. The normalized spacial score (nSPS) is 12.1. The van der Waals surface area contributed by atoms with Crippen LogP contribution in [0.3, 0.4) is 0 Å². The molecule has 1 unspecified atom stereocenters. The molecular formula is C29H32FN3O2. The van der Waals surface area contributed by atoms with Crippen LogP contribution in [0.5, 0.6) is 11.6 Å². The van der Waals surface area contributed by atoms with Crippen LogP contribution in [0.2, 0.25) is 0 Å². The van der Waals surface area contributed by atoms with Gasteiger partial charge in [-0.25, -0.2) is 9.07 Å². The monoisotopic (exact) mass is 473 g/mol. The van der Waals surface area contributed by atoms with E-state index in [9.17, 15) is 9.50 Å². The number of aryl methyl sites for hydroxylation is 1. The van der Waals surface area contributed by atoms with Gasteiger partial charge in [-0.2, -0.15) is 5.10 Å². The molecule has 0 amide bonds. The summed E-state index contributed by atoms with van der Waals surface area (Å²) in [5.41, 5.74) is 3.61. The maximum atomic E-state index is 14.5. The number of hydrogen-bond donors (Lipinski definition) is 1. The molecule has 4 aromatic rings. The number of nitrogens with zero attached hydrogens (tertiary/aromatic N) is 3. The molecule has 1 N–H and O–H groups in total. The van der Waals surface area contributed by atoms with Crippen molar-refractivity contribution in [1.82, 2.24) is 14.7 Å². The molecule has 1 atom stereocenters. The van der Waals surface area contributed by atoms with Crippen LogP contribution in [-0.2, 0) is 13.0 Å². The van der Waals surface area contributed by atoms with E-state index in [0.717, 1.165) is 35.5 Å². The lowest BCUT2D eigenvalue weighted by atomic mass is 10.1. The summed E-state index contributed by atoms with van der Waals surface area (Å²) in [7, 11) is 0. The molecule has 4 rings (SSSR count). The number of aromatic nitrogens is 2. The van der Waals surface area contributed by atoms with Gasteiger partial charge in [0.25, 0.3) is 0 Å². The Morgan fingerprint density at radius 2 is 1.63 bits per heavy atom. The number of para-hydroxylation sites is 2. The molecule has 182 valence electrons. The molecule has 0 radical (unpaired) electrons. The minimum absolute atomic E-state index is 0.150. The average molecular weight is 474 g/mol. The summed E-state index contributed by atoms with van der Waals surface area (Å²) in [5, 5.41) is 15.6. The summed E-state index contributed by atoms with van der Waals surface area (Å²) < 4.78 is 22.4. The average Bonchev–Trinajstić information content (AvgIpc) is 3.16. The Morgan fingerprint density at radius 3 is 2.31 bits per heavy atom. The van der Waals surface area contributed by atoms with Gasteiger partial charge in [0.2, 0.25) is 5.88 Å². The van der Waals surface area contributed by atoms with Gasteiger partial charge in [-0.15, -0.1) is 0 Å². The second kappa shape index (κ2) is 11.8. The van der Waals surface area contributed by atoms with Gasteiger partial charge in [0, 0.05) is 13.1 Å². The third kappa shape index (κ3) is 6.35. The summed E-state index contributed by atoms with van der Waals surface area (Å²) >= 11 is 0. The third-order valence-electron chi connectivity index (χ3n) is 5.89. The fraction of sp³-hybridized carbons (Fsp3) is 0.276. The van der Waals surface area contributed by atoms with Crippen molar-refractivity contribution in [3.05, 3.63) is 108 Å². The van der Waals surface area contributed by atoms with Crippen molar-refractivity contribution in [2.24, 2.45) is 0 Å². The number of ether oxygens (including phenoxy) is 1. The van der Waals surface area contributed by atoms with Gasteiger partial charge in [-0.3, -0.25) is 4.90 Å². The maximum absolute atomic E-state index is 14.5. The Labute approximate surface area is 206 Å². The SMILES string of the molecule is CCCN(Cc1c(C)nn(-c2ccccc2)c1Oc1ccccc1F)CC(O)Cc1ccccc1. The molecule has 0 saturated carbocycles. The lowest BCUT2D eigenvalue weighted by Crippen LogP contribution is -2.34. The molecule has 0 fully saturated rings. The van der Waals surface area contributed by atoms with Crippen LogP contribution in [0.4, 0.5) is 4.39 Å². The van der Waals surface area contributed by atoms with E-state index in [0.29, 0.717) is 25.4 Å². The van der Waals surface area contributed by atoms with E-state index in [1.54, 1.807) is 22.9 Å². The summed E-state index contributed by atoms with van der Waals surface area (Å²) in [6.45, 7) is 5.90. The lowest BCUT2D eigenvalue weighted by Gasteiger charge is -2.25. The molecule has 6 heteroatoms. The van der Waals surface area contributed by atoms with Crippen molar-refractivity contribution < 1.29 is 14.2 Å². The van der Waals surface area contributed by atoms with Crippen LogP contribution in [0, 0.1) is 12.7 Å². The molecule has 0 aliphatic heterocycles. The van der Waals surface area contributed by atoms with E-state index in [1.165, 1.54) is 6.07 Å². The van der Waals surface area contributed by atoms with Crippen molar-refractivity contribution in [2.75, 3.05) is 13.1 Å². The zero-order valence-corrected chi connectivity index (χ0v) is 20.3. The highest BCUT2D eigenvalue weighted by atomic mass is 19.1. The summed E-state index contributed by atoms with van der Waals surface area (Å²) in [6.07, 6.45) is 1.01. The van der Waals surface area contributed by atoms with Crippen molar-refractivity contribution in [3.8, 4) is 17.3 Å². The maximum Gasteiger partial charge on any atom is 0.227 e. The van der Waals surface area contributed by atoms with Crippen LogP contribution >= 0.6 is 0 Å². The number of hydrogen-bond acceptors (Lipinski definition) is 4. The molecule has 1 heterocycles. The quantitative estimate of drug-likeness (QED) is 0.293. The van der Waals surface area contributed by atoms with Gasteiger partial charge in [0.05, 0.1) is 23.0 Å². The number of benzene rings is 3. The van der Waals surface area contributed by atoms with Crippen molar-refractivity contribution in [3.63, 3.8) is 0 Å². The van der Waals surface area contributed by atoms with Crippen LogP contribution in [0.15, 0.2) is 84.9 Å². The molecular weight excluding hydrogens is 441 g/mol. The van der Waals surface area contributed by atoms with Crippen molar-refractivity contribution in [1.29, 1.82) is 0 Å². The first-order valence-corrected chi connectivity index (χ1v) is 12.1. The zero-order valence-electron chi connectivity index (χ0n) is 20.3. The third-order valence-corrected chi connectivity index (χ3v) is 5.89. The number of halogens is 1. The molecule has 3 aromatic carbocycles. The Hall–Kier alpha value is -3.48. The number of aliphatic hydroxyl groups is 1. The minimum Gasteiger partial charge on any atom is -0.435 e. The Morgan fingerprint density at radius 1 is 0.971 bits per heavy atom. The first kappa shape index (κ1) is 24.6. The van der Waals surface area contributed by atoms with Crippen LogP contribution in [-0.4, -0.2) is 39.0 Å². The second-order valence-electron chi connectivity index (χ2n) is 8.73. The number of rotatable bonds is 11. The van der Waals surface area contributed by atoms with E-state index in [4.69, 9.17) is 9.84 Å². The van der Waals surface area contributed by atoms with E-state index in [1.807, 2.05) is 67.6 Å². The Kier molecular flexibility index (Phi) is 8.29. The van der Waals surface area contributed by atoms with E-state index >= 15 is 0 Å². The molecule has 35 heavy (non-hydrogen) atoms. The molecule has 5 nitrogen and oxygen atoms in total. The van der Waals surface area contributed by atoms with Crippen LogP contribution in [0.1, 0.15) is 30.2 Å². The van der Waals surface area contributed by atoms with Gasteiger partial charge in [-0.1, -0.05) is 67.6 Å². The summed E-state index contributed by atoms with van der Waals surface area (Å²) in [5.74, 6) is 0.204. The first-order valence-electron chi connectivity index (χ1n) is 12.1. The molecule has 0 spiro atoms. The van der Waals surface area contributed by atoms with E-state index in [-0.39, 0.29) is 5.75 Å². The summed E-state index contributed by atoms with van der Waals surface area (Å²) in [4.78, 5) is 2.21. The highest BCUT2D eigenvalue weighted by molar-refractivity contribution is 5.43. The fourth-order valence-corrected chi connectivity index (χ4v) is 4.22. The topological polar surface area (TPSA) is 50.5 Å². The largest absolute Gasteiger partial charge is 0.435 e. The van der Waals surface area contributed by atoms with Gasteiger partial charge < -0.3 is 9.84 Å². The number of aliphatic hydroxyl groups excluding tert-OH is 1. The van der Waals surface area contributed by atoms with Gasteiger partial charge in [0.15, 0.2) is 11.6 Å². The zero-order chi connectivity index (χ0) is 24.6. The predicted octanol–water partition coefficient (Wildman–Crippen LogP) is 5.93. The molecule has 0 bridgehead atoms. The molecule has 1 aromatic heterocycles. The summed E-state index contributed by atoms with van der Waals surface area (Å²) in [6, 6.07) is 26.1. The Bertz CT molecular complexity index is 1210. The van der Waals surface area contributed by atoms with Gasteiger partial charge >= 0.3 is 0 Å². The highest BCUT2D eigenvalue weighted by Gasteiger charge is 2.23. The molecule has 0 saturated heterocycles. The predicted molar refractivity (Wildman–Crippen MR) is 136 cm³/mol. The molecule has 0 aliphatic carbocycles. The fourth-order valence-electron chi connectivity index (χ4n) is 4.22. The van der Waals surface area contributed by atoms with Crippen LogP contribution < -0.4 is 4.74 Å². The van der Waals surface area contributed by atoms with Crippen molar-refractivity contribution in [2.45, 2.75) is 39.3 Å². The van der Waals surface area contributed by atoms with E-state index < -0.39 is 11.9 Å². The second-order valence-corrected chi connectivity index (χ2v) is 8.73. The standard InChI is InChI=1S/C29H32FN3O2/c1-3-18-32(20-25(34)19-23-12-6-4-7-13-23)21-26-22(2)31-33(24-14-8-5-9-15-24)29(26)35-28-17-11-10-16-27(28)30/h4-17,25,34H,3,18-21H2,1-2H3. The highest BCUT2D eigenvalue weighted by Crippen LogP contribution is 2.32. The molecule has 0 aliphatic rings. The van der Waals surface area contributed by atoms with E-state index in [2.05, 4.69) is 11.8 Å². The van der Waals surface area contributed by atoms with Gasteiger partial charge in [0.1, 0.15) is 0 Å². The van der Waals surface area contributed by atoms with Crippen LogP contribution in [0.25, 0.3) is 5.69 Å². The first-order chi connectivity index (χ1) is 17.0. The van der Waals surface area contributed by atoms with Crippen molar-refractivity contribution >= 4 is 0 Å². The lowest BCUT2D eigenvalue weighted by molar-refractivity contribution is 0.108.